The molecule has 1 aromatic carbocycles. The van der Waals surface area contributed by atoms with Crippen LogP contribution in [0.3, 0.4) is 0 Å². The average molecular weight is 379 g/mol. The maximum atomic E-state index is 6.18. The highest BCUT2D eigenvalue weighted by atomic mass is 35.5. The molecular weight excluding hydrogens is 359 g/mol. The monoisotopic (exact) mass is 378 g/mol. The summed E-state index contributed by atoms with van der Waals surface area (Å²) >= 11 is 6.18. The molecule has 0 radical (unpaired) electrons. The molecule has 2 aromatic heterocycles. The van der Waals surface area contributed by atoms with Crippen LogP contribution in [0, 0.1) is 0 Å². The summed E-state index contributed by atoms with van der Waals surface area (Å²) in [5, 5.41) is 4.98. The molecule has 0 unspecified atom stereocenters. The summed E-state index contributed by atoms with van der Waals surface area (Å²) in [6.45, 7) is 2.52. The highest BCUT2D eigenvalue weighted by Gasteiger charge is 2.17. The molecule has 1 saturated heterocycles. The summed E-state index contributed by atoms with van der Waals surface area (Å²) in [4.78, 5) is 4.69. The molecule has 0 saturated carbocycles. The van der Waals surface area contributed by atoms with E-state index in [1.165, 1.54) is 0 Å². The number of furan rings is 1. The van der Waals surface area contributed by atoms with Gasteiger partial charge < -0.3 is 14.5 Å². The highest BCUT2D eigenvalue weighted by Crippen LogP contribution is 2.29. The molecule has 4 rings (SSSR count). The van der Waals surface area contributed by atoms with E-state index in [-0.39, 0.29) is 12.4 Å². The molecule has 0 spiro atoms. The zero-order valence-electron chi connectivity index (χ0n) is 13.7. The molecule has 0 bridgehead atoms. The van der Waals surface area contributed by atoms with Gasteiger partial charge in [0.1, 0.15) is 12.2 Å². The summed E-state index contributed by atoms with van der Waals surface area (Å²) in [5.41, 5.74) is 2.86. The van der Waals surface area contributed by atoms with E-state index in [9.17, 15) is 0 Å². The maximum absolute atomic E-state index is 6.18. The van der Waals surface area contributed by atoms with E-state index in [2.05, 4.69) is 11.4 Å². The molecule has 1 fully saturated rings. The van der Waals surface area contributed by atoms with Gasteiger partial charge in [0.25, 0.3) is 0 Å². The van der Waals surface area contributed by atoms with Gasteiger partial charge in [-0.3, -0.25) is 0 Å². The van der Waals surface area contributed by atoms with Gasteiger partial charge in [-0.2, -0.15) is 0 Å². The Labute approximate surface area is 157 Å². The number of ether oxygens (including phenoxy) is 1. The number of piperidine rings is 1. The van der Waals surface area contributed by atoms with E-state index < -0.39 is 0 Å². The van der Waals surface area contributed by atoms with Gasteiger partial charge in [0.2, 0.25) is 5.88 Å². The number of nitrogens with zero attached hydrogens (tertiary/aromatic N) is 1. The van der Waals surface area contributed by atoms with Crippen molar-refractivity contribution in [2.75, 3.05) is 13.1 Å². The lowest BCUT2D eigenvalue weighted by atomic mass is 9.94. The lowest BCUT2D eigenvalue weighted by Crippen LogP contribution is -2.27. The molecule has 6 heteroatoms. The van der Waals surface area contributed by atoms with Crippen LogP contribution >= 0.6 is 24.0 Å². The molecule has 0 aliphatic carbocycles. The van der Waals surface area contributed by atoms with Gasteiger partial charge in [-0.1, -0.05) is 23.7 Å². The molecule has 132 valence electrons. The Morgan fingerprint density at radius 3 is 2.84 bits per heavy atom. The fourth-order valence-corrected chi connectivity index (χ4v) is 3.42. The quantitative estimate of drug-likeness (QED) is 0.697. The third kappa shape index (κ3) is 3.92. The van der Waals surface area contributed by atoms with Crippen molar-refractivity contribution in [1.29, 1.82) is 0 Å². The summed E-state index contributed by atoms with van der Waals surface area (Å²) < 4.78 is 11.5. The van der Waals surface area contributed by atoms with E-state index in [1.54, 1.807) is 6.26 Å². The zero-order chi connectivity index (χ0) is 16.4. The Kier molecular flexibility index (Phi) is 5.84. The molecule has 0 atom stereocenters. The van der Waals surface area contributed by atoms with Gasteiger partial charge in [-0.25, -0.2) is 4.98 Å². The molecule has 1 aliphatic rings. The normalized spacial score (nSPS) is 15.1. The summed E-state index contributed by atoms with van der Waals surface area (Å²) in [6.07, 6.45) is 3.90. The van der Waals surface area contributed by atoms with Crippen LogP contribution in [0.25, 0.3) is 11.0 Å². The first-order valence-corrected chi connectivity index (χ1v) is 8.64. The van der Waals surface area contributed by atoms with Crippen molar-refractivity contribution in [2.24, 2.45) is 0 Å². The maximum Gasteiger partial charge on any atom is 0.213 e. The van der Waals surface area contributed by atoms with Crippen molar-refractivity contribution in [3.63, 3.8) is 0 Å². The second-order valence-corrected chi connectivity index (χ2v) is 6.49. The number of benzene rings is 1. The van der Waals surface area contributed by atoms with Crippen LogP contribution < -0.4 is 10.1 Å². The van der Waals surface area contributed by atoms with Gasteiger partial charge in [-0.15, -0.1) is 12.4 Å². The fraction of sp³-hybridized carbons (Fsp3) is 0.316. The van der Waals surface area contributed by atoms with E-state index in [0.717, 1.165) is 48.2 Å². The first-order chi connectivity index (χ1) is 11.8. The topological polar surface area (TPSA) is 47.3 Å². The van der Waals surface area contributed by atoms with E-state index >= 15 is 0 Å². The van der Waals surface area contributed by atoms with Gasteiger partial charge in [0.15, 0.2) is 0 Å². The fourth-order valence-electron chi connectivity index (χ4n) is 3.21. The molecule has 4 nitrogen and oxygen atoms in total. The van der Waals surface area contributed by atoms with Crippen molar-refractivity contribution >= 4 is 35.0 Å². The largest absolute Gasteiger partial charge is 0.473 e. The first-order valence-electron chi connectivity index (χ1n) is 8.26. The number of rotatable bonds is 4. The van der Waals surface area contributed by atoms with Crippen LogP contribution in [0.2, 0.25) is 5.02 Å². The summed E-state index contributed by atoms with van der Waals surface area (Å²) in [6, 6.07) is 11.7. The average Bonchev–Trinajstić information content (AvgIpc) is 3.13. The van der Waals surface area contributed by atoms with Crippen LogP contribution in [-0.2, 0) is 6.61 Å². The van der Waals surface area contributed by atoms with Crippen molar-refractivity contribution < 1.29 is 9.15 Å². The van der Waals surface area contributed by atoms with Crippen LogP contribution in [0.5, 0.6) is 5.88 Å². The predicted octanol–water partition coefficient (Wildman–Crippen LogP) is 4.95. The van der Waals surface area contributed by atoms with Crippen LogP contribution in [0.1, 0.15) is 30.0 Å². The van der Waals surface area contributed by atoms with Crippen LogP contribution in [0.4, 0.5) is 0 Å². The third-order valence-electron chi connectivity index (χ3n) is 4.52. The molecule has 0 amide bonds. The Bertz CT molecular complexity index is 844. The third-order valence-corrected chi connectivity index (χ3v) is 4.85. The Hall–Kier alpha value is -1.75. The Balaban J connectivity index is 0.00000182. The first kappa shape index (κ1) is 18.1. The predicted molar refractivity (Wildman–Crippen MR) is 102 cm³/mol. The molecular formula is C19H20Cl2N2O2. The van der Waals surface area contributed by atoms with E-state index in [0.29, 0.717) is 23.4 Å². The van der Waals surface area contributed by atoms with Gasteiger partial charge in [-0.05, 0) is 44.1 Å². The molecule has 3 aromatic rings. The molecule has 1 aliphatic heterocycles. The van der Waals surface area contributed by atoms with Gasteiger partial charge in [0.05, 0.1) is 11.3 Å². The van der Waals surface area contributed by atoms with Gasteiger partial charge in [0, 0.05) is 28.6 Å². The minimum absolute atomic E-state index is 0. The highest BCUT2D eigenvalue weighted by molar-refractivity contribution is 6.35. The minimum atomic E-state index is 0. The second-order valence-electron chi connectivity index (χ2n) is 6.08. The van der Waals surface area contributed by atoms with Crippen molar-refractivity contribution in [3.05, 3.63) is 58.9 Å². The Morgan fingerprint density at radius 2 is 2.00 bits per heavy atom. The standard InChI is InChI=1S/C19H19ClN2O2.ClH/c20-16-5-4-14(19-15(16)8-11-23-19)12-24-18-3-1-2-17(22-18)13-6-9-21-10-7-13;/h1-5,8,11,13,21H,6-7,9-10,12H2;1H. The molecule has 3 heterocycles. The number of nitrogens with one attached hydrogen (secondary N) is 1. The van der Waals surface area contributed by atoms with Crippen LogP contribution in [-0.4, -0.2) is 18.1 Å². The number of hydrogen-bond donors (Lipinski definition) is 1. The Morgan fingerprint density at radius 1 is 1.16 bits per heavy atom. The number of hydrogen-bond acceptors (Lipinski definition) is 4. The smallest absolute Gasteiger partial charge is 0.213 e. The molecule has 25 heavy (non-hydrogen) atoms. The SMILES string of the molecule is Cl.Clc1ccc(COc2cccc(C3CCNCC3)n2)c2occc12. The number of fused-ring (bicyclic) bond motifs is 1. The number of pyridine rings is 1. The molecule has 1 N–H and O–H groups in total. The number of halogens is 2. The minimum Gasteiger partial charge on any atom is -0.473 e. The lowest BCUT2D eigenvalue weighted by Gasteiger charge is -2.22. The van der Waals surface area contributed by atoms with Crippen molar-refractivity contribution in [2.45, 2.75) is 25.4 Å². The lowest BCUT2D eigenvalue weighted by molar-refractivity contribution is 0.291. The van der Waals surface area contributed by atoms with Crippen molar-refractivity contribution in [1.82, 2.24) is 10.3 Å². The number of aromatic nitrogens is 1. The summed E-state index contributed by atoms with van der Waals surface area (Å²) in [7, 11) is 0. The van der Waals surface area contributed by atoms with Crippen LogP contribution in [0.15, 0.2) is 47.1 Å². The summed E-state index contributed by atoms with van der Waals surface area (Å²) in [5.74, 6) is 1.17. The van der Waals surface area contributed by atoms with E-state index in [1.807, 2.05) is 30.3 Å². The van der Waals surface area contributed by atoms with Crippen molar-refractivity contribution in [3.8, 4) is 5.88 Å². The van der Waals surface area contributed by atoms with Gasteiger partial charge >= 0.3 is 0 Å². The zero-order valence-corrected chi connectivity index (χ0v) is 15.3. The van der Waals surface area contributed by atoms with E-state index in [4.69, 9.17) is 25.7 Å². The second kappa shape index (κ2) is 8.09.